The molecule has 2 N–H and O–H groups in total. The molecule has 30 heavy (non-hydrogen) atoms. The first kappa shape index (κ1) is 23.6. The van der Waals surface area contributed by atoms with E-state index in [1.807, 2.05) is 13.0 Å². The Morgan fingerprint density at radius 2 is 1.80 bits per heavy atom. The number of hydrogen-bond donors (Lipinski definition) is 2. The average molecular weight is 437 g/mol. The summed E-state index contributed by atoms with van der Waals surface area (Å²) in [5.74, 6) is 0.509. The maximum atomic E-state index is 12.7. The molecule has 4 nitrogen and oxygen atoms in total. The number of halogens is 3. The van der Waals surface area contributed by atoms with Crippen LogP contribution in [0.1, 0.15) is 29.3 Å². The predicted octanol–water partition coefficient (Wildman–Crippen LogP) is 5.26. The maximum absolute atomic E-state index is 12.7. The third kappa shape index (κ3) is 5.67. The lowest BCUT2D eigenvalue weighted by Crippen LogP contribution is -2.33. The summed E-state index contributed by atoms with van der Waals surface area (Å²) >= 11 is 0. The molecule has 0 bridgehead atoms. The number of alkyl halides is 3. The molecule has 0 aliphatic carbocycles. The standard InChI is InChI=1S/C22H20F3NO3.H2S/c1-14(11-12-27)26-21(28)16-5-10-19-15(13-16)3-2-4-20(19)29-18-8-6-17(7-9-18)22(23,24)25;/h2-10,13-14,27H,11-12H2,1H3,(H,26,28);1H2/t14-;/m0./s1. The van der Waals surface area contributed by atoms with E-state index in [2.05, 4.69) is 5.32 Å². The van der Waals surface area contributed by atoms with E-state index in [0.717, 1.165) is 22.9 Å². The second-order valence-electron chi connectivity index (χ2n) is 6.70. The van der Waals surface area contributed by atoms with Crippen LogP contribution in [0.3, 0.4) is 0 Å². The highest BCUT2D eigenvalue weighted by atomic mass is 32.1. The van der Waals surface area contributed by atoms with Crippen molar-refractivity contribution in [3.63, 3.8) is 0 Å². The number of benzene rings is 3. The molecule has 3 aromatic rings. The van der Waals surface area contributed by atoms with Crippen molar-refractivity contribution in [2.45, 2.75) is 25.6 Å². The molecule has 0 spiro atoms. The van der Waals surface area contributed by atoms with Crippen LogP contribution in [-0.2, 0) is 6.18 Å². The van der Waals surface area contributed by atoms with Gasteiger partial charge in [-0.05, 0) is 67.3 Å². The lowest BCUT2D eigenvalue weighted by molar-refractivity contribution is -0.137. The van der Waals surface area contributed by atoms with Gasteiger partial charge in [0.2, 0.25) is 0 Å². The summed E-state index contributed by atoms with van der Waals surface area (Å²) in [6.07, 6.45) is -3.94. The fourth-order valence-electron chi connectivity index (χ4n) is 2.90. The first-order valence-electron chi connectivity index (χ1n) is 9.07. The van der Waals surface area contributed by atoms with Gasteiger partial charge in [0.1, 0.15) is 11.5 Å². The highest BCUT2D eigenvalue weighted by Crippen LogP contribution is 2.33. The second kappa shape index (κ2) is 9.86. The summed E-state index contributed by atoms with van der Waals surface area (Å²) in [6, 6.07) is 14.7. The molecule has 0 aromatic heterocycles. The van der Waals surface area contributed by atoms with Crippen LogP contribution in [0.5, 0.6) is 11.5 Å². The van der Waals surface area contributed by atoms with Gasteiger partial charge in [-0.1, -0.05) is 12.1 Å². The topological polar surface area (TPSA) is 58.6 Å². The highest BCUT2D eigenvalue weighted by molar-refractivity contribution is 7.59. The number of aliphatic hydroxyl groups is 1. The van der Waals surface area contributed by atoms with E-state index >= 15 is 0 Å². The smallest absolute Gasteiger partial charge is 0.416 e. The minimum atomic E-state index is -4.40. The van der Waals surface area contributed by atoms with Gasteiger partial charge in [-0.3, -0.25) is 4.79 Å². The molecule has 0 radical (unpaired) electrons. The molecule has 1 amide bonds. The Morgan fingerprint density at radius 1 is 1.10 bits per heavy atom. The third-order valence-corrected chi connectivity index (χ3v) is 4.45. The van der Waals surface area contributed by atoms with Gasteiger partial charge in [-0.15, -0.1) is 0 Å². The van der Waals surface area contributed by atoms with Gasteiger partial charge < -0.3 is 15.2 Å². The van der Waals surface area contributed by atoms with Crippen LogP contribution in [-0.4, -0.2) is 23.7 Å². The largest absolute Gasteiger partial charge is 0.457 e. The van der Waals surface area contributed by atoms with Gasteiger partial charge in [0.25, 0.3) is 5.91 Å². The normalized spacial score (nSPS) is 12.2. The molecule has 1 atom stereocenters. The zero-order chi connectivity index (χ0) is 21.0. The van der Waals surface area contributed by atoms with Crippen LogP contribution in [0, 0.1) is 0 Å². The van der Waals surface area contributed by atoms with Gasteiger partial charge in [-0.25, -0.2) is 0 Å². The molecule has 0 saturated heterocycles. The Morgan fingerprint density at radius 3 is 2.43 bits per heavy atom. The molecular formula is C22H22F3NO3S. The number of carbonyl (C=O) groups is 1. The Bertz CT molecular complexity index is 1010. The number of fused-ring (bicyclic) bond motifs is 1. The van der Waals surface area contributed by atoms with Crippen molar-refractivity contribution in [2.24, 2.45) is 0 Å². The Kier molecular flexibility index (Phi) is 7.75. The minimum Gasteiger partial charge on any atom is -0.457 e. The van der Waals surface area contributed by atoms with Crippen molar-refractivity contribution in [3.05, 3.63) is 71.8 Å². The Balaban J connectivity index is 0.00000320. The maximum Gasteiger partial charge on any atom is 0.416 e. The van der Waals surface area contributed by atoms with Crippen molar-refractivity contribution >= 4 is 30.2 Å². The van der Waals surface area contributed by atoms with E-state index in [0.29, 0.717) is 17.7 Å². The SMILES string of the molecule is C[C@@H](CCO)NC(=O)c1ccc2c(Oc3ccc(C(F)(F)F)cc3)cccc2c1.S. The first-order chi connectivity index (χ1) is 13.8. The van der Waals surface area contributed by atoms with E-state index in [1.54, 1.807) is 30.3 Å². The molecule has 8 heteroatoms. The minimum absolute atomic E-state index is 0. The fraction of sp³-hybridized carbons (Fsp3) is 0.227. The quantitative estimate of drug-likeness (QED) is 0.553. The highest BCUT2D eigenvalue weighted by Gasteiger charge is 2.30. The lowest BCUT2D eigenvalue weighted by Gasteiger charge is -2.14. The zero-order valence-corrected chi connectivity index (χ0v) is 17.2. The molecule has 160 valence electrons. The van der Waals surface area contributed by atoms with Gasteiger partial charge in [0.15, 0.2) is 0 Å². The average Bonchev–Trinajstić information content (AvgIpc) is 2.67. The summed E-state index contributed by atoms with van der Waals surface area (Å²) in [7, 11) is 0. The number of ether oxygens (including phenoxy) is 1. The fourth-order valence-corrected chi connectivity index (χ4v) is 2.90. The lowest BCUT2D eigenvalue weighted by atomic mass is 10.1. The van der Waals surface area contributed by atoms with Gasteiger partial charge in [0, 0.05) is 23.6 Å². The molecule has 0 aliphatic rings. The van der Waals surface area contributed by atoms with Crippen LogP contribution in [0.15, 0.2) is 60.7 Å². The number of carbonyl (C=O) groups excluding carboxylic acids is 1. The van der Waals surface area contributed by atoms with Crippen molar-refractivity contribution in [1.82, 2.24) is 5.32 Å². The second-order valence-corrected chi connectivity index (χ2v) is 6.70. The molecule has 0 aliphatic heterocycles. The number of nitrogens with one attached hydrogen (secondary N) is 1. The summed E-state index contributed by atoms with van der Waals surface area (Å²) in [6.45, 7) is 1.80. The predicted molar refractivity (Wildman–Crippen MR) is 114 cm³/mol. The van der Waals surface area contributed by atoms with Crippen molar-refractivity contribution in [2.75, 3.05) is 6.61 Å². The Hall–Kier alpha value is -2.71. The number of aliphatic hydroxyl groups excluding tert-OH is 1. The van der Waals surface area contributed by atoms with E-state index in [9.17, 15) is 18.0 Å². The van der Waals surface area contributed by atoms with Crippen LogP contribution in [0.25, 0.3) is 10.8 Å². The van der Waals surface area contributed by atoms with E-state index in [-0.39, 0.29) is 37.8 Å². The molecular weight excluding hydrogens is 415 g/mol. The number of hydrogen-bond acceptors (Lipinski definition) is 3. The summed E-state index contributed by atoms with van der Waals surface area (Å²) < 4.78 is 43.8. The monoisotopic (exact) mass is 437 g/mol. The molecule has 3 rings (SSSR count). The molecule has 3 aromatic carbocycles. The van der Waals surface area contributed by atoms with Crippen LogP contribution < -0.4 is 10.1 Å². The van der Waals surface area contributed by atoms with Gasteiger partial charge in [0.05, 0.1) is 5.56 Å². The molecule has 0 unspecified atom stereocenters. The zero-order valence-electron chi connectivity index (χ0n) is 16.2. The first-order valence-corrected chi connectivity index (χ1v) is 9.07. The number of amides is 1. The van der Waals surface area contributed by atoms with Crippen LogP contribution in [0.4, 0.5) is 13.2 Å². The molecule has 0 saturated carbocycles. The van der Waals surface area contributed by atoms with Gasteiger partial charge >= 0.3 is 6.18 Å². The van der Waals surface area contributed by atoms with E-state index in [1.165, 1.54) is 12.1 Å². The third-order valence-electron chi connectivity index (χ3n) is 4.45. The van der Waals surface area contributed by atoms with Crippen molar-refractivity contribution in [3.8, 4) is 11.5 Å². The van der Waals surface area contributed by atoms with Crippen LogP contribution >= 0.6 is 13.5 Å². The van der Waals surface area contributed by atoms with Crippen molar-refractivity contribution in [1.29, 1.82) is 0 Å². The molecule has 0 heterocycles. The van der Waals surface area contributed by atoms with Gasteiger partial charge in [-0.2, -0.15) is 26.7 Å². The van der Waals surface area contributed by atoms with E-state index in [4.69, 9.17) is 9.84 Å². The summed E-state index contributed by atoms with van der Waals surface area (Å²) in [4.78, 5) is 12.3. The van der Waals surface area contributed by atoms with E-state index < -0.39 is 11.7 Å². The van der Waals surface area contributed by atoms with Crippen molar-refractivity contribution < 1.29 is 27.8 Å². The number of rotatable bonds is 6. The van der Waals surface area contributed by atoms with Crippen LogP contribution in [0.2, 0.25) is 0 Å². The summed E-state index contributed by atoms with van der Waals surface area (Å²) in [5.41, 5.74) is -0.275. The Labute approximate surface area is 179 Å². The molecule has 0 fully saturated rings. The summed E-state index contributed by atoms with van der Waals surface area (Å²) in [5, 5.41) is 13.2.